The van der Waals surface area contributed by atoms with Crippen molar-refractivity contribution in [3.05, 3.63) is 35.9 Å². The van der Waals surface area contributed by atoms with Crippen LogP contribution in [0.15, 0.2) is 35.3 Å². The van der Waals surface area contributed by atoms with E-state index in [1.807, 2.05) is 30.3 Å². The van der Waals surface area contributed by atoms with Gasteiger partial charge in [0.15, 0.2) is 5.96 Å². The summed E-state index contributed by atoms with van der Waals surface area (Å²) in [4.78, 5) is 28.2. The van der Waals surface area contributed by atoms with Crippen molar-refractivity contribution in [2.75, 3.05) is 6.54 Å². The van der Waals surface area contributed by atoms with Crippen molar-refractivity contribution in [3.63, 3.8) is 0 Å². The normalized spacial score (nSPS) is 12.0. The van der Waals surface area contributed by atoms with Gasteiger partial charge in [0, 0.05) is 6.54 Å². The molecule has 0 heterocycles. The molecule has 1 amide bonds. The van der Waals surface area contributed by atoms with Gasteiger partial charge in [0.05, 0.1) is 0 Å². The zero-order valence-corrected chi connectivity index (χ0v) is 15.5. The highest BCUT2D eigenvalue weighted by Crippen LogP contribution is 2.11. The third-order valence-corrected chi connectivity index (χ3v) is 3.14. The lowest BCUT2D eigenvalue weighted by Crippen LogP contribution is -2.44. The highest BCUT2D eigenvalue weighted by Gasteiger charge is 2.26. The molecule has 0 radical (unpaired) electrons. The van der Waals surface area contributed by atoms with E-state index in [0.29, 0.717) is 19.4 Å². The van der Waals surface area contributed by atoms with Gasteiger partial charge >= 0.3 is 12.1 Å². The van der Waals surface area contributed by atoms with E-state index in [1.165, 1.54) is 0 Å². The number of nitrogens with one attached hydrogen (secondary N) is 1. The first-order valence-corrected chi connectivity index (χ1v) is 8.43. The van der Waals surface area contributed by atoms with Gasteiger partial charge in [0.25, 0.3) is 0 Å². The van der Waals surface area contributed by atoms with Gasteiger partial charge in [-0.1, -0.05) is 30.3 Å². The van der Waals surface area contributed by atoms with Crippen LogP contribution in [0.3, 0.4) is 0 Å². The molecule has 1 aromatic carbocycles. The number of ether oxygens (including phenoxy) is 2. The van der Waals surface area contributed by atoms with Crippen LogP contribution in [-0.4, -0.2) is 36.2 Å². The maximum atomic E-state index is 12.3. The number of aliphatic imine (C=N–C) groups is 1. The Bertz CT molecular complexity index is 607. The minimum atomic E-state index is -0.841. The third kappa shape index (κ3) is 9.51. The molecule has 0 aliphatic carbocycles. The average Bonchev–Trinajstić information content (AvgIpc) is 2.55. The van der Waals surface area contributed by atoms with E-state index in [-0.39, 0.29) is 12.6 Å². The summed E-state index contributed by atoms with van der Waals surface area (Å²) in [5.41, 5.74) is 10.7. The molecule has 1 rings (SSSR count). The first-order valence-electron chi connectivity index (χ1n) is 8.43. The Morgan fingerprint density at radius 2 is 1.85 bits per heavy atom. The molecular formula is C18H28N4O4. The second-order valence-electron chi connectivity index (χ2n) is 6.74. The summed E-state index contributed by atoms with van der Waals surface area (Å²) in [7, 11) is 0. The van der Waals surface area contributed by atoms with Gasteiger partial charge in [0.1, 0.15) is 18.2 Å². The Morgan fingerprint density at radius 1 is 1.19 bits per heavy atom. The van der Waals surface area contributed by atoms with Gasteiger partial charge in [-0.2, -0.15) is 0 Å². The molecule has 5 N–H and O–H groups in total. The molecule has 0 saturated carbocycles. The highest BCUT2D eigenvalue weighted by atomic mass is 16.6. The number of esters is 1. The van der Waals surface area contributed by atoms with Crippen LogP contribution in [0.1, 0.15) is 39.2 Å². The molecule has 8 nitrogen and oxygen atoms in total. The van der Waals surface area contributed by atoms with Crippen LogP contribution in [0.25, 0.3) is 0 Å². The summed E-state index contributed by atoms with van der Waals surface area (Å²) in [6.07, 6.45) is 0.138. The van der Waals surface area contributed by atoms with Gasteiger partial charge in [-0.3, -0.25) is 4.99 Å². The van der Waals surface area contributed by atoms with Crippen molar-refractivity contribution in [1.29, 1.82) is 0 Å². The van der Waals surface area contributed by atoms with Gasteiger partial charge in [-0.15, -0.1) is 0 Å². The minimum absolute atomic E-state index is 0.0194. The molecule has 0 bridgehead atoms. The van der Waals surface area contributed by atoms with Crippen molar-refractivity contribution in [2.45, 2.75) is 51.9 Å². The number of nitrogens with two attached hydrogens (primary N) is 2. The first kappa shape index (κ1) is 21.3. The summed E-state index contributed by atoms with van der Waals surface area (Å²) < 4.78 is 10.5. The summed E-state index contributed by atoms with van der Waals surface area (Å²) in [6.45, 7) is 5.74. The van der Waals surface area contributed by atoms with Gasteiger partial charge in [-0.25, -0.2) is 9.59 Å². The van der Waals surface area contributed by atoms with Crippen LogP contribution in [0.2, 0.25) is 0 Å². The highest BCUT2D eigenvalue weighted by molar-refractivity contribution is 5.81. The molecule has 0 saturated heterocycles. The number of nitrogens with zero attached hydrogens (tertiary/aromatic N) is 1. The molecular weight excluding hydrogens is 336 g/mol. The van der Waals surface area contributed by atoms with Crippen molar-refractivity contribution in [1.82, 2.24) is 5.32 Å². The fourth-order valence-electron chi connectivity index (χ4n) is 2.03. The van der Waals surface area contributed by atoms with Crippen LogP contribution < -0.4 is 16.8 Å². The number of benzene rings is 1. The smallest absolute Gasteiger partial charge is 0.408 e. The maximum Gasteiger partial charge on any atom is 0.408 e. The number of hydrogen-bond donors (Lipinski definition) is 3. The van der Waals surface area contributed by atoms with Gasteiger partial charge in [0.2, 0.25) is 0 Å². The van der Waals surface area contributed by atoms with Crippen molar-refractivity contribution in [2.24, 2.45) is 16.5 Å². The topological polar surface area (TPSA) is 129 Å². The lowest BCUT2D eigenvalue weighted by atomic mass is 10.1. The van der Waals surface area contributed by atoms with Crippen molar-refractivity contribution < 1.29 is 19.1 Å². The number of amides is 1. The molecule has 8 heteroatoms. The van der Waals surface area contributed by atoms with E-state index in [1.54, 1.807) is 20.8 Å². The molecule has 0 aliphatic heterocycles. The van der Waals surface area contributed by atoms with Crippen molar-refractivity contribution >= 4 is 18.0 Å². The molecule has 0 unspecified atom stereocenters. The Balaban J connectivity index is 2.59. The predicted octanol–water partition coefficient (Wildman–Crippen LogP) is 1.68. The van der Waals surface area contributed by atoms with Crippen LogP contribution in [0, 0.1) is 0 Å². The molecule has 1 atom stereocenters. The summed E-state index contributed by atoms with van der Waals surface area (Å²) in [6, 6.07) is 8.42. The molecule has 1 aromatic rings. The summed E-state index contributed by atoms with van der Waals surface area (Å²) in [5, 5.41) is 2.55. The minimum Gasteiger partial charge on any atom is -0.458 e. The maximum absolute atomic E-state index is 12.3. The molecule has 0 aliphatic rings. The van der Waals surface area contributed by atoms with E-state index in [9.17, 15) is 9.59 Å². The molecule has 0 spiro atoms. The van der Waals surface area contributed by atoms with Gasteiger partial charge < -0.3 is 26.3 Å². The number of rotatable bonds is 8. The Hall–Kier alpha value is -2.77. The SMILES string of the molecule is CC(C)(C)OC(=O)[C@H](CCCN=C(N)N)NC(=O)OCc1ccccc1. The number of hydrogen-bond acceptors (Lipinski definition) is 5. The second-order valence-corrected chi connectivity index (χ2v) is 6.74. The average molecular weight is 364 g/mol. The number of alkyl carbamates (subject to hydrolysis) is 1. The van der Waals surface area contributed by atoms with E-state index in [2.05, 4.69) is 10.3 Å². The van der Waals surface area contributed by atoms with E-state index < -0.39 is 23.7 Å². The second kappa shape index (κ2) is 10.3. The van der Waals surface area contributed by atoms with E-state index in [4.69, 9.17) is 20.9 Å². The Labute approximate surface area is 153 Å². The monoisotopic (exact) mass is 364 g/mol. The van der Waals surface area contributed by atoms with Crippen LogP contribution in [0.4, 0.5) is 4.79 Å². The zero-order valence-electron chi connectivity index (χ0n) is 15.5. The summed E-state index contributed by atoms with van der Waals surface area (Å²) in [5.74, 6) is -0.548. The fourth-order valence-corrected chi connectivity index (χ4v) is 2.03. The quantitative estimate of drug-likeness (QED) is 0.278. The zero-order chi connectivity index (χ0) is 19.6. The Kier molecular flexibility index (Phi) is 8.41. The lowest BCUT2D eigenvalue weighted by molar-refractivity contribution is -0.157. The molecule has 144 valence electrons. The first-order chi connectivity index (χ1) is 12.2. The van der Waals surface area contributed by atoms with Crippen LogP contribution >= 0.6 is 0 Å². The fraction of sp³-hybridized carbons (Fsp3) is 0.500. The van der Waals surface area contributed by atoms with Crippen LogP contribution in [0.5, 0.6) is 0 Å². The predicted molar refractivity (Wildman–Crippen MR) is 99.3 cm³/mol. The Morgan fingerprint density at radius 3 is 2.42 bits per heavy atom. The lowest BCUT2D eigenvalue weighted by Gasteiger charge is -2.24. The molecule has 26 heavy (non-hydrogen) atoms. The van der Waals surface area contributed by atoms with Gasteiger partial charge in [-0.05, 0) is 39.2 Å². The number of guanidine groups is 1. The van der Waals surface area contributed by atoms with E-state index in [0.717, 1.165) is 5.56 Å². The van der Waals surface area contributed by atoms with Crippen LogP contribution in [-0.2, 0) is 20.9 Å². The van der Waals surface area contributed by atoms with E-state index >= 15 is 0 Å². The third-order valence-electron chi connectivity index (χ3n) is 3.14. The number of carbonyl (C=O) groups is 2. The number of carbonyl (C=O) groups excluding carboxylic acids is 2. The molecule has 0 aromatic heterocycles. The van der Waals surface area contributed by atoms with Crippen molar-refractivity contribution in [3.8, 4) is 0 Å². The summed E-state index contributed by atoms with van der Waals surface area (Å²) >= 11 is 0. The standard InChI is InChI=1S/C18H28N4O4/c1-18(2,3)26-15(23)14(10-7-11-21-16(19)20)22-17(24)25-12-13-8-5-4-6-9-13/h4-6,8-9,14H,7,10-12H2,1-3H3,(H,22,24)(H4,19,20,21)/t14-/m0/s1. The molecule has 0 fully saturated rings. The largest absolute Gasteiger partial charge is 0.458 e.